The molecular weight excluding hydrogens is 949 g/mol. The molecule has 0 saturated heterocycles. The molecule has 0 aliphatic carbocycles. The fourth-order valence-corrected chi connectivity index (χ4v) is 7.74. The van der Waals surface area contributed by atoms with Crippen LogP contribution in [-0.4, -0.2) is 37.2 Å². The summed E-state index contributed by atoms with van der Waals surface area (Å²) in [6, 6.07) is 0. The first-order valence-corrected chi connectivity index (χ1v) is 30.6. The highest BCUT2D eigenvalue weighted by molar-refractivity contribution is 5.71. The fourth-order valence-electron chi connectivity index (χ4n) is 7.74. The van der Waals surface area contributed by atoms with Gasteiger partial charge in [-0.15, -0.1) is 0 Å². The SMILES string of the molecule is CC/C=C\C/C=C\C/C=C\C/C=C\C/C=C\C/C=C\C/C=C\CCCCCCCCCC(=O)OCC(COC(=O)CC/C=C\C/C=C\C/C=C\C/C=C\CC)OC(=O)CCCCCCCCC/C=C\C/C=C\C/C=C\CC. The van der Waals surface area contributed by atoms with Crippen LogP contribution in [0, 0.1) is 0 Å². The van der Waals surface area contributed by atoms with E-state index < -0.39 is 6.10 Å². The summed E-state index contributed by atoms with van der Waals surface area (Å²) in [5.74, 6) is -1.03. The molecule has 0 fully saturated rings. The Hall–Kier alpha value is -5.23. The minimum Gasteiger partial charge on any atom is -0.462 e. The molecule has 0 heterocycles. The number of rotatable bonds is 53. The Kier molecular flexibility index (Phi) is 59.0. The van der Waals surface area contributed by atoms with Gasteiger partial charge < -0.3 is 14.2 Å². The molecule has 0 aromatic rings. The van der Waals surface area contributed by atoms with Crippen molar-refractivity contribution in [2.45, 2.75) is 245 Å². The van der Waals surface area contributed by atoms with Crippen LogP contribution < -0.4 is 0 Å². The zero-order valence-electron chi connectivity index (χ0n) is 49.1. The molecule has 0 aromatic carbocycles. The van der Waals surface area contributed by atoms with Gasteiger partial charge in [-0.25, -0.2) is 0 Å². The summed E-state index contributed by atoms with van der Waals surface area (Å²) in [6.07, 6.45) is 93.7. The number of hydrogen-bond donors (Lipinski definition) is 0. The lowest BCUT2D eigenvalue weighted by molar-refractivity contribution is -0.166. The van der Waals surface area contributed by atoms with Crippen LogP contribution in [0.4, 0.5) is 0 Å². The number of hydrogen-bond acceptors (Lipinski definition) is 6. The van der Waals surface area contributed by atoms with E-state index >= 15 is 0 Å². The molecule has 430 valence electrons. The summed E-state index contributed by atoms with van der Waals surface area (Å²) in [4.78, 5) is 38.2. The van der Waals surface area contributed by atoms with Crippen LogP contribution >= 0.6 is 0 Å². The molecule has 0 spiro atoms. The molecule has 0 radical (unpaired) electrons. The molecule has 0 aliphatic heterocycles. The van der Waals surface area contributed by atoms with E-state index in [1.807, 2.05) is 12.2 Å². The summed E-state index contributed by atoms with van der Waals surface area (Å²) >= 11 is 0. The second-order valence-corrected chi connectivity index (χ2v) is 19.5. The summed E-state index contributed by atoms with van der Waals surface area (Å²) in [6.45, 7) is 6.20. The van der Waals surface area contributed by atoms with Crippen molar-refractivity contribution in [2.75, 3.05) is 13.2 Å². The zero-order valence-corrected chi connectivity index (χ0v) is 49.1. The van der Waals surface area contributed by atoms with Gasteiger partial charge in [0, 0.05) is 19.3 Å². The van der Waals surface area contributed by atoms with E-state index in [0.29, 0.717) is 19.3 Å². The van der Waals surface area contributed by atoms with Crippen LogP contribution in [0.1, 0.15) is 239 Å². The minimum absolute atomic E-state index is 0.118. The zero-order chi connectivity index (χ0) is 55.7. The number of carbonyl (C=O) groups excluding carboxylic acids is 3. The predicted octanol–water partition coefficient (Wildman–Crippen LogP) is 21.1. The maximum atomic E-state index is 12.9. The van der Waals surface area contributed by atoms with Crippen molar-refractivity contribution in [3.63, 3.8) is 0 Å². The number of esters is 3. The topological polar surface area (TPSA) is 78.9 Å². The van der Waals surface area contributed by atoms with Gasteiger partial charge in [-0.2, -0.15) is 0 Å². The van der Waals surface area contributed by atoms with Crippen LogP contribution in [-0.2, 0) is 28.6 Å². The lowest BCUT2D eigenvalue weighted by Gasteiger charge is -2.18. The van der Waals surface area contributed by atoms with E-state index in [-0.39, 0.29) is 37.5 Å². The highest BCUT2D eigenvalue weighted by atomic mass is 16.6. The van der Waals surface area contributed by atoms with Crippen LogP contribution in [0.3, 0.4) is 0 Å². The Bertz CT molecular complexity index is 1790. The van der Waals surface area contributed by atoms with Crippen LogP contribution in [0.15, 0.2) is 170 Å². The van der Waals surface area contributed by atoms with Crippen molar-refractivity contribution in [1.82, 2.24) is 0 Å². The van der Waals surface area contributed by atoms with Gasteiger partial charge in [-0.1, -0.05) is 255 Å². The molecule has 0 aromatic heterocycles. The number of ether oxygens (including phenoxy) is 3. The van der Waals surface area contributed by atoms with Gasteiger partial charge in [0.25, 0.3) is 0 Å². The molecule has 1 atom stereocenters. The van der Waals surface area contributed by atoms with Gasteiger partial charge >= 0.3 is 17.9 Å². The predicted molar refractivity (Wildman–Crippen MR) is 334 cm³/mol. The van der Waals surface area contributed by atoms with Crippen molar-refractivity contribution >= 4 is 17.9 Å². The quantitative estimate of drug-likeness (QED) is 0.0261. The van der Waals surface area contributed by atoms with Gasteiger partial charge in [0.1, 0.15) is 13.2 Å². The van der Waals surface area contributed by atoms with Crippen molar-refractivity contribution in [1.29, 1.82) is 0 Å². The van der Waals surface area contributed by atoms with Gasteiger partial charge in [0.15, 0.2) is 6.10 Å². The molecule has 0 rings (SSSR count). The summed E-state index contributed by atoms with van der Waals surface area (Å²) in [7, 11) is 0. The van der Waals surface area contributed by atoms with E-state index in [9.17, 15) is 14.4 Å². The average molecular weight is 1060 g/mol. The Morgan fingerprint density at radius 2 is 0.494 bits per heavy atom. The summed E-state index contributed by atoms with van der Waals surface area (Å²) in [5.41, 5.74) is 0. The molecule has 0 saturated carbocycles. The number of unbranched alkanes of at least 4 members (excludes halogenated alkanes) is 14. The van der Waals surface area contributed by atoms with E-state index in [4.69, 9.17) is 14.2 Å². The molecule has 77 heavy (non-hydrogen) atoms. The highest BCUT2D eigenvalue weighted by Crippen LogP contribution is 2.14. The summed E-state index contributed by atoms with van der Waals surface area (Å²) in [5, 5.41) is 0. The first-order valence-electron chi connectivity index (χ1n) is 30.6. The first-order chi connectivity index (χ1) is 38.0. The average Bonchev–Trinajstić information content (AvgIpc) is 3.43. The van der Waals surface area contributed by atoms with Gasteiger partial charge in [-0.05, 0) is 135 Å². The molecular formula is C71H110O6. The van der Waals surface area contributed by atoms with Crippen LogP contribution in [0.5, 0.6) is 0 Å². The molecule has 0 aliphatic rings. The smallest absolute Gasteiger partial charge is 0.306 e. The normalized spacial score (nSPS) is 13.3. The van der Waals surface area contributed by atoms with Gasteiger partial charge in [0.2, 0.25) is 0 Å². The first kappa shape index (κ1) is 71.8. The van der Waals surface area contributed by atoms with Crippen molar-refractivity contribution < 1.29 is 28.6 Å². The second-order valence-electron chi connectivity index (χ2n) is 19.5. The number of allylic oxidation sites excluding steroid dienone is 28. The largest absolute Gasteiger partial charge is 0.462 e. The third kappa shape index (κ3) is 61.5. The monoisotopic (exact) mass is 1060 g/mol. The minimum atomic E-state index is -0.827. The number of carbonyl (C=O) groups is 3. The third-order valence-electron chi connectivity index (χ3n) is 12.2. The van der Waals surface area contributed by atoms with E-state index in [2.05, 4.69) is 179 Å². The van der Waals surface area contributed by atoms with Gasteiger partial charge in [0.05, 0.1) is 0 Å². The van der Waals surface area contributed by atoms with Crippen LogP contribution in [0.2, 0.25) is 0 Å². The van der Waals surface area contributed by atoms with Crippen molar-refractivity contribution in [3.8, 4) is 0 Å². The highest BCUT2D eigenvalue weighted by Gasteiger charge is 2.19. The Balaban J connectivity index is 4.41. The Morgan fingerprint density at radius 3 is 0.805 bits per heavy atom. The van der Waals surface area contributed by atoms with E-state index in [1.165, 1.54) is 38.5 Å². The molecule has 6 heteroatoms. The maximum Gasteiger partial charge on any atom is 0.306 e. The standard InChI is InChI=1S/C71H110O6/c1-4-7-10-13-16-19-22-25-27-29-30-31-32-33-34-35-36-37-38-39-40-42-43-46-49-52-55-58-61-64-70(73)76-67-68(66-75-69(72)63-60-57-54-51-48-45-24-21-18-15-12-9-6-3)77-71(74)65-62-59-56-53-50-47-44-41-28-26-23-20-17-14-11-8-5-2/h7-12,16-21,25-28,30-31,33-34,36-37,39-40,45,48,54,57,68H,4-6,13-15,22-24,29,32,35,38,41-44,46-47,49-53,55-56,58-67H2,1-3H3/b10-7-,11-8-,12-9-,19-16-,20-17-,21-18-,27-25-,28-26-,31-30-,34-33-,37-36-,40-39-,48-45-,57-54-. The second kappa shape index (κ2) is 63.3. The lowest BCUT2D eigenvalue weighted by Crippen LogP contribution is -2.30. The molecule has 0 N–H and O–H groups in total. The van der Waals surface area contributed by atoms with E-state index in [0.717, 1.165) is 154 Å². The van der Waals surface area contributed by atoms with Crippen molar-refractivity contribution in [3.05, 3.63) is 170 Å². The molecule has 0 bridgehead atoms. The van der Waals surface area contributed by atoms with E-state index in [1.54, 1.807) is 0 Å². The van der Waals surface area contributed by atoms with Gasteiger partial charge in [-0.3, -0.25) is 14.4 Å². The summed E-state index contributed by atoms with van der Waals surface area (Å²) < 4.78 is 16.8. The third-order valence-corrected chi connectivity index (χ3v) is 12.2. The maximum absolute atomic E-state index is 12.9. The molecule has 6 nitrogen and oxygen atoms in total. The Morgan fingerprint density at radius 1 is 0.260 bits per heavy atom. The molecule has 1 unspecified atom stereocenters. The fraction of sp³-hybridized carbons (Fsp3) is 0.563. The lowest BCUT2D eigenvalue weighted by atomic mass is 10.1. The molecule has 0 amide bonds. The van der Waals surface area contributed by atoms with Crippen molar-refractivity contribution in [2.24, 2.45) is 0 Å². The van der Waals surface area contributed by atoms with Crippen LogP contribution in [0.25, 0.3) is 0 Å². The Labute approximate surface area is 472 Å².